The molecule has 3 nitrogen and oxygen atoms in total. The van der Waals surface area contributed by atoms with Crippen LogP contribution in [0.4, 0.5) is 5.69 Å². The summed E-state index contributed by atoms with van der Waals surface area (Å²) in [6.45, 7) is 6.21. The lowest BCUT2D eigenvalue weighted by Crippen LogP contribution is -1.99. The van der Waals surface area contributed by atoms with Crippen molar-refractivity contribution in [3.05, 3.63) is 46.1 Å². The van der Waals surface area contributed by atoms with Gasteiger partial charge in [0.05, 0.1) is 0 Å². The average molecular weight is 321 g/mol. The molecule has 1 aromatic carbocycles. The zero-order valence-electron chi connectivity index (χ0n) is 11.3. The van der Waals surface area contributed by atoms with Gasteiger partial charge in [0.2, 0.25) is 5.88 Å². The first-order chi connectivity index (χ1) is 8.97. The predicted octanol–water partition coefficient (Wildman–Crippen LogP) is 4.65. The summed E-state index contributed by atoms with van der Waals surface area (Å²) in [5.74, 6) is 1.74. The van der Waals surface area contributed by atoms with E-state index in [0.29, 0.717) is 11.8 Å². The molecular formula is C15H17BrN2O. The monoisotopic (exact) mass is 320 g/mol. The van der Waals surface area contributed by atoms with Gasteiger partial charge in [-0.15, -0.1) is 0 Å². The van der Waals surface area contributed by atoms with E-state index in [1.54, 1.807) is 6.20 Å². The molecule has 4 heteroatoms. The number of nitrogens with two attached hydrogens (primary N) is 1. The van der Waals surface area contributed by atoms with Crippen molar-refractivity contribution in [1.82, 2.24) is 4.98 Å². The molecule has 0 saturated carbocycles. The van der Waals surface area contributed by atoms with Crippen molar-refractivity contribution in [3.63, 3.8) is 0 Å². The Balaban J connectivity index is 2.38. The topological polar surface area (TPSA) is 48.1 Å². The molecule has 19 heavy (non-hydrogen) atoms. The third kappa shape index (κ3) is 3.26. The van der Waals surface area contributed by atoms with Gasteiger partial charge in [-0.3, -0.25) is 0 Å². The summed E-state index contributed by atoms with van der Waals surface area (Å²) < 4.78 is 6.80. The molecule has 1 aromatic heterocycles. The van der Waals surface area contributed by atoms with E-state index in [1.807, 2.05) is 31.2 Å². The molecule has 0 aliphatic heterocycles. The van der Waals surface area contributed by atoms with Crippen LogP contribution in [0.5, 0.6) is 11.6 Å². The van der Waals surface area contributed by atoms with Gasteiger partial charge in [-0.2, -0.15) is 0 Å². The Morgan fingerprint density at radius 3 is 2.58 bits per heavy atom. The zero-order valence-corrected chi connectivity index (χ0v) is 12.9. The standard InChI is InChI=1S/C15H17BrN2O/c1-9(2)12-7-13(17)10(3)6-14(12)19-15-5-4-11(16)8-18-15/h4-9H,17H2,1-3H3. The van der Waals surface area contributed by atoms with Crippen molar-refractivity contribution in [3.8, 4) is 11.6 Å². The van der Waals surface area contributed by atoms with Gasteiger partial charge in [-0.05, 0) is 58.1 Å². The Morgan fingerprint density at radius 1 is 1.26 bits per heavy atom. The molecule has 100 valence electrons. The minimum atomic E-state index is 0.341. The van der Waals surface area contributed by atoms with Crippen LogP contribution >= 0.6 is 15.9 Å². The minimum absolute atomic E-state index is 0.341. The summed E-state index contributed by atoms with van der Waals surface area (Å²) in [4.78, 5) is 4.23. The molecular weight excluding hydrogens is 304 g/mol. The van der Waals surface area contributed by atoms with Crippen LogP contribution in [0.15, 0.2) is 34.9 Å². The van der Waals surface area contributed by atoms with E-state index in [2.05, 4.69) is 34.8 Å². The Hall–Kier alpha value is -1.55. The van der Waals surface area contributed by atoms with Gasteiger partial charge in [0.15, 0.2) is 0 Å². The molecule has 0 fully saturated rings. The quantitative estimate of drug-likeness (QED) is 0.837. The summed E-state index contributed by atoms with van der Waals surface area (Å²) >= 11 is 3.36. The lowest BCUT2D eigenvalue weighted by Gasteiger charge is -2.15. The van der Waals surface area contributed by atoms with E-state index in [1.165, 1.54) is 0 Å². The van der Waals surface area contributed by atoms with Crippen LogP contribution in [0.3, 0.4) is 0 Å². The molecule has 2 N–H and O–H groups in total. The first-order valence-electron chi connectivity index (χ1n) is 6.17. The Labute approximate surface area is 121 Å². The lowest BCUT2D eigenvalue weighted by atomic mass is 9.99. The van der Waals surface area contributed by atoms with E-state index in [4.69, 9.17) is 10.5 Å². The van der Waals surface area contributed by atoms with Crippen LogP contribution in [0, 0.1) is 6.92 Å². The van der Waals surface area contributed by atoms with Crippen LogP contribution < -0.4 is 10.5 Å². The van der Waals surface area contributed by atoms with Gasteiger partial charge in [0.1, 0.15) is 5.75 Å². The smallest absolute Gasteiger partial charge is 0.219 e. The number of anilines is 1. The maximum atomic E-state index is 5.96. The van der Waals surface area contributed by atoms with Crippen LogP contribution in [0.2, 0.25) is 0 Å². The highest BCUT2D eigenvalue weighted by Crippen LogP contribution is 2.33. The molecule has 0 atom stereocenters. The highest BCUT2D eigenvalue weighted by Gasteiger charge is 2.12. The fourth-order valence-electron chi connectivity index (χ4n) is 1.79. The lowest BCUT2D eigenvalue weighted by molar-refractivity contribution is 0.454. The SMILES string of the molecule is Cc1cc(Oc2ccc(Br)cn2)c(C(C)C)cc1N. The molecule has 1 heterocycles. The maximum absolute atomic E-state index is 5.96. The number of ether oxygens (including phenoxy) is 1. The highest BCUT2D eigenvalue weighted by atomic mass is 79.9. The molecule has 0 amide bonds. The molecule has 2 aromatic rings. The number of benzene rings is 1. The van der Waals surface area contributed by atoms with Gasteiger partial charge >= 0.3 is 0 Å². The first-order valence-corrected chi connectivity index (χ1v) is 6.96. The van der Waals surface area contributed by atoms with Gasteiger partial charge in [-0.25, -0.2) is 4.98 Å². The number of aryl methyl sites for hydroxylation is 1. The largest absolute Gasteiger partial charge is 0.439 e. The molecule has 0 aliphatic rings. The van der Waals surface area contributed by atoms with Crippen molar-refractivity contribution < 1.29 is 4.74 Å². The van der Waals surface area contributed by atoms with Crippen LogP contribution in [-0.4, -0.2) is 4.98 Å². The predicted molar refractivity (Wildman–Crippen MR) is 81.7 cm³/mol. The van der Waals surface area contributed by atoms with E-state index in [0.717, 1.165) is 27.0 Å². The number of pyridine rings is 1. The second-order valence-corrected chi connectivity index (χ2v) is 5.73. The maximum Gasteiger partial charge on any atom is 0.219 e. The zero-order chi connectivity index (χ0) is 14.0. The summed E-state index contributed by atoms with van der Waals surface area (Å²) in [5, 5.41) is 0. The van der Waals surface area contributed by atoms with E-state index in [-0.39, 0.29) is 0 Å². The number of halogens is 1. The second kappa shape index (κ2) is 5.61. The number of hydrogen-bond acceptors (Lipinski definition) is 3. The van der Waals surface area contributed by atoms with Crippen molar-refractivity contribution in [2.75, 3.05) is 5.73 Å². The Morgan fingerprint density at radius 2 is 2.00 bits per heavy atom. The molecule has 0 aliphatic carbocycles. The molecule has 0 saturated heterocycles. The normalized spacial score (nSPS) is 10.8. The molecule has 0 unspecified atom stereocenters. The van der Waals surface area contributed by atoms with E-state index < -0.39 is 0 Å². The minimum Gasteiger partial charge on any atom is -0.439 e. The number of nitrogen functional groups attached to an aromatic ring is 1. The fourth-order valence-corrected chi connectivity index (χ4v) is 2.03. The van der Waals surface area contributed by atoms with Crippen molar-refractivity contribution in [1.29, 1.82) is 0 Å². The summed E-state index contributed by atoms with van der Waals surface area (Å²) in [5.41, 5.74) is 8.86. The Bertz CT molecular complexity index is 579. The molecule has 2 rings (SSSR count). The molecule has 0 spiro atoms. The van der Waals surface area contributed by atoms with Crippen LogP contribution in [-0.2, 0) is 0 Å². The van der Waals surface area contributed by atoms with E-state index >= 15 is 0 Å². The highest BCUT2D eigenvalue weighted by molar-refractivity contribution is 9.10. The molecule has 0 bridgehead atoms. The van der Waals surface area contributed by atoms with Crippen LogP contribution in [0.25, 0.3) is 0 Å². The first kappa shape index (κ1) is 13.9. The summed E-state index contributed by atoms with van der Waals surface area (Å²) in [6, 6.07) is 7.68. The third-order valence-corrected chi connectivity index (χ3v) is 3.40. The van der Waals surface area contributed by atoms with Crippen molar-refractivity contribution in [2.45, 2.75) is 26.7 Å². The van der Waals surface area contributed by atoms with Crippen LogP contribution in [0.1, 0.15) is 30.9 Å². The molecule has 0 radical (unpaired) electrons. The van der Waals surface area contributed by atoms with Gasteiger partial charge < -0.3 is 10.5 Å². The van der Waals surface area contributed by atoms with Gasteiger partial charge in [-0.1, -0.05) is 13.8 Å². The number of aromatic nitrogens is 1. The van der Waals surface area contributed by atoms with Gasteiger partial charge in [0, 0.05) is 22.4 Å². The third-order valence-electron chi connectivity index (χ3n) is 2.94. The van der Waals surface area contributed by atoms with Crippen molar-refractivity contribution in [2.24, 2.45) is 0 Å². The number of hydrogen-bond donors (Lipinski definition) is 1. The fraction of sp³-hybridized carbons (Fsp3) is 0.267. The second-order valence-electron chi connectivity index (χ2n) is 4.82. The van der Waals surface area contributed by atoms with E-state index in [9.17, 15) is 0 Å². The average Bonchev–Trinajstić information content (AvgIpc) is 2.36. The summed E-state index contributed by atoms with van der Waals surface area (Å²) in [6.07, 6.45) is 1.72. The number of rotatable bonds is 3. The number of nitrogens with zero attached hydrogens (tertiary/aromatic N) is 1. The van der Waals surface area contributed by atoms with Crippen molar-refractivity contribution >= 4 is 21.6 Å². The van der Waals surface area contributed by atoms with Gasteiger partial charge in [0.25, 0.3) is 0 Å². The Kier molecular flexibility index (Phi) is 4.10. The summed E-state index contributed by atoms with van der Waals surface area (Å²) in [7, 11) is 0.